The van der Waals surface area contributed by atoms with Gasteiger partial charge in [0.15, 0.2) is 0 Å². The van der Waals surface area contributed by atoms with E-state index in [1.54, 1.807) is 0 Å². The summed E-state index contributed by atoms with van der Waals surface area (Å²) in [6, 6.07) is 9.45. The van der Waals surface area contributed by atoms with Crippen LogP contribution in [0.4, 0.5) is 4.79 Å². The molecular formula is C19H22N4O3. The summed E-state index contributed by atoms with van der Waals surface area (Å²) in [6.45, 7) is 6.30. The molecule has 1 aromatic carbocycles. The first-order chi connectivity index (χ1) is 12.4. The van der Waals surface area contributed by atoms with Crippen molar-refractivity contribution in [3.8, 4) is 5.69 Å². The average Bonchev–Trinajstić information content (AvgIpc) is 3.08. The number of nitrogens with one attached hydrogen (secondary N) is 2. The summed E-state index contributed by atoms with van der Waals surface area (Å²) in [5, 5.41) is 5.24. The van der Waals surface area contributed by atoms with Crippen molar-refractivity contribution in [2.24, 2.45) is 0 Å². The lowest BCUT2D eigenvalue weighted by molar-refractivity contribution is -0.124. The summed E-state index contributed by atoms with van der Waals surface area (Å²) in [5.74, 6) is -0.494. The molecule has 1 fully saturated rings. The van der Waals surface area contributed by atoms with Crippen molar-refractivity contribution in [1.29, 1.82) is 0 Å². The number of hydrogen-bond donors (Lipinski definition) is 2. The number of para-hydroxylation sites is 1. The maximum atomic E-state index is 12.6. The topological polar surface area (TPSA) is 83.4 Å². The second-order valence-electron chi connectivity index (χ2n) is 6.37. The summed E-state index contributed by atoms with van der Waals surface area (Å²) in [4.78, 5) is 36.7. The van der Waals surface area contributed by atoms with Crippen LogP contribution < -0.4 is 10.6 Å². The Labute approximate surface area is 152 Å². The molecule has 1 aliphatic rings. The number of carbonyl (C=O) groups excluding carboxylic acids is 3. The van der Waals surface area contributed by atoms with Crippen molar-refractivity contribution < 1.29 is 14.4 Å². The quantitative estimate of drug-likeness (QED) is 0.802. The zero-order valence-electron chi connectivity index (χ0n) is 15.1. The minimum atomic E-state index is -0.415. The van der Waals surface area contributed by atoms with Crippen molar-refractivity contribution >= 4 is 17.8 Å². The van der Waals surface area contributed by atoms with Gasteiger partial charge in [0.2, 0.25) is 5.91 Å². The van der Waals surface area contributed by atoms with E-state index in [9.17, 15) is 14.4 Å². The van der Waals surface area contributed by atoms with Gasteiger partial charge in [-0.15, -0.1) is 0 Å². The van der Waals surface area contributed by atoms with Crippen LogP contribution in [0.3, 0.4) is 0 Å². The zero-order valence-corrected chi connectivity index (χ0v) is 15.1. The van der Waals surface area contributed by atoms with Gasteiger partial charge in [0.25, 0.3) is 5.91 Å². The molecule has 0 radical (unpaired) electrons. The Morgan fingerprint density at radius 3 is 2.58 bits per heavy atom. The highest BCUT2D eigenvalue weighted by Gasteiger charge is 2.28. The van der Waals surface area contributed by atoms with E-state index in [0.29, 0.717) is 5.56 Å². The van der Waals surface area contributed by atoms with Crippen LogP contribution in [0.15, 0.2) is 30.3 Å². The number of hydrogen-bond acceptors (Lipinski definition) is 3. The molecule has 7 nitrogen and oxygen atoms in total. The Morgan fingerprint density at radius 1 is 1.19 bits per heavy atom. The maximum Gasteiger partial charge on any atom is 0.324 e. The second-order valence-corrected chi connectivity index (χ2v) is 6.37. The fourth-order valence-electron chi connectivity index (χ4n) is 3.24. The first-order valence-corrected chi connectivity index (χ1v) is 8.51. The Morgan fingerprint density at radius 2 is 1.92 bits per heavy atom. The van der Waals surface area contributed by atoms with E-state index in [1.165, 1.54) is 0 Å². The van der Waals surface area contributed by atoms with E-state index >= 15 is 0 Å². The third-order valence-corrected chi connectivity index (χ3v) is 4.59. The van der Waals surface area contributed by atoms with Crippen molar-refractivity contribution in [3.05, 3.63) is 52.8 Å². The summed E-state index contributed by atoms with van der Waals surface area (Å²) in [5.41, 5.74) is 4.57. The lowest BCUT2D eigenvalue weighted by Crippen LogP contribution is -2.38. The van der Waals surface area contributed by atoms with Crippen LogP contribution in [-0.4, -0.2) is 46.9 Å². The third-order valence-electron chi connectivity index (χ3n) is 4.59. The van der Waals surface area contributed by atoms with E-state index in [-0.39, 0.29) is 31.4 Å². The first kappa shape index (κ1) is 17.7. The molecule has 1 saturated heterocycles. The zero-order chi connectivity index (χ0) is 18.8. The Kier molecular flexibility index (Phi) is 4.79. The number of aryl methyl sites for hydroxylation is 2. The summed E-state index contributed by atoms with van der Waals surface area (Å²) in [6.07, 6.45) is 0. The number of imide groups is 1. The lowest BCUT2D eigenvalue weighted by Gasteiger charge is -2.14. The van der Waals surface area contributed by atoms with Gasteiger partial charge in [0.1, 0.15) is 0 Å². The highest BCUT2D eigenvalue weighted by atomic mass is 16.2. The highest BCUT2D eigenvalue weighted by Crippen LogP contribution is 2.23. The van der Waals surface area contributed by atoms with Crippen LogP contribution in [-0.2, 0) is 4.79 Å². The molecule has 0 spiro atoms. The average molecular weight is 354 g/mol. The number of rotatable bonds is 5. The van der Waals surface area contributed by atoms with Gasteiger partial charge in [-0.3, -0.25) is 14.5 Å². The number of benzene rings is 1. The molecule has 0 unspecified atom stereocenters. The predicted octanol–water partition coefficient (Wildman–Crippen LogP) is 1.68. The van der Waals surface area contributed by atoms with Gasteiger partial charge in [-0.2, -0.15) is 0 Å². The lowest BCUT2D eigenvalue weighted by atomic mass is 10.2. The van der Waals surface area contributed by atoms with Crippen LogP contribution >= 0.6 is 0 Å². The van der Waals surface area contributed by atoms with Gasteiger partial charge >= 0.3 is 6.03 Å². The van der Waals surface area contributed by atoms with Crippen LogP contribution in [0.5, 0.6) is 0 Å². The monoisotopic (exact) mass is 354 g/mol. The molecular weight excluding hydrogens is 332 g/mol. The van der Waals surface area contributed by atoms with Crippen molar-refractivity contribution in [2.75, 3.05) is 19.6 Å². The Bertz CT molecular complexity index is 869. The minimum absolute atomic E-state index is 0.0182. The van der Waals surface area contributed by atoms with E-state index < -0.39 is 6.03 Å². The van der Waals surface area contributed by atoms with Crippen LogP contribution in [0.1, 0.15) is 27.3 Å². The SMILES string of the molecule is Cc1ccccc1-n1c(C)cc(C(=O)NCCN2C(=O)CNC2=O)c1C. The van der Waals surface area contributed by atoms with E-state index in [0.717, 1.165) is 27.5 Å². The van der Waals surface area contributed by atoms with Crippen molar-refractivity contribution in [2.45, 2.75) is 20.8 Å². The fourth-order valence-corrected chi connectivity index (χ4v) is 3.24. The predicted molar refractivity (Wildman–Crippen MR) is 97.4 cm³/mol. The highest BCUT2D eigenvalue weighted by molar-refractivity contribution is 6.02. The molecule has 1 aromatic heterocycles. The maximum absolute atomic E-state index is 12.6. The number of aromatic nitrogens is 1. The smallest absolute Gasteiger partial charge is 0.324 e. The molecule has 0 aliphatic carbocycles. The first-order valence-electron chi connectivity index (χ1n) is 8.51. The molecule has 3 rings (SSSR count). The van der Waals surface area contributed by atoms with Gasteiger partial charge < -0.3 is 15.2 Å². The normalized spacial score (nSPS) is 13.9. The molecule has 0 atom stereocenters. The fraction of sp³-hybridized carbons (Fsp3) is 0.316. The molecule has 7 heteroatoms. The van der Waals surface area contributed by atoms with Crippen LogP contribution in [0.25, 0.3) is 5.69 Å². The largest absolute Gasteiger partial charge is 0.350 e. The van der Waals surface area contributed by atoms with E-state index in [4.69, 9.17) is 0 Å². The number of carbonyl (C=O) groups is 3. The summed E-state index contributed by atoms with van der Waals surface area (Å²) >= 11 is 0. The number of nitrogens with zero attached hydrogens (tertiary/aromatic N) is 2. The standard InChI is InChI=1S/C19H22N4O3/c1-12-6-4-5-7-16(12)23-13(2)10-15(14(23)3)18(25)20-8-9-22-17(24)11-21-19(22)26/h4-7,10H,8-9,11H2,1-3H3,(H,20,25)(H,21,26). The molecule has 2 heterocycles. The van der Waals surface area contributed by atoms with Gasteiger partial charge in [0, 0.05) is 30.2 Å². The second kappa shape index (κ2) is 7.03. The van der Waals surface area contributed by atoms with Crippen molar-refractivity contribution in [3.63, 3.8) is 0 Å². The molecule has 136 valence electrons. The van der Waals surface area contributed by atoms with Crippen LogP contribution in [0, 0.1) is 20.8 Å². The van der Waals surface area contributed by atoms with Gasteiger partial charge in [0.05, 0.1) is 12.1 Å². The number of urea groups is 1. The molecule has 2 N–H and O–H groups in total. The van der Waals surface area contributed by atoms with E-state index in [2.05, 4.69) is 15.2 Å². The van der Waals surface area contributed by atoms with Crippen molar-refractivity contribution in [1.82, 2.24) is 20.1 Å². The van der Waals surface area contributed by atoms with Gasteiger partial charge in [-0.05, 0) is 38.5 Å². The molecule has 4 amide bonds. The molecule has 0 saturated carbocycles. The molecule has 1 aliphatic heterocycles. The minimum Gasteiger partial charge on any atom is -0.350 e. The Balaban J connectivity index is 1.73. The van der Waals surface area contributed by atoms with Crippen LogP contribution in [0.2, 0.25) is 0 Å². The van der Waals surface area contributed by atoms with Gasteiger partial charge in [-0.1, -0.05) is 18.2 Å². The third kappa shape index (κ3) is 3.20. The molecule has 0 bridgehead atoms. The summed E-state index contributed by atoms with van der Waals surface area (Å²) < 4.78 is 2.06. The van der Waals surface area contributed by atoms with Gasteiger partial charge in [-0.25, -0.2) is 4.79 Å². The Hall–Kier alpha value is -3.09. The molecule has 2 aromatic rings. The molecule has 26 heavy (non-hydrogen) atoms. The summed E-state index contributed by atoms with van der Waals surface area (Å²) in [7, 11) is 0. The van der Waals surface area contributed by atoms with E-state index in [1.807, 2.05) is 51.1 Å². The number of amides is 4.